The zero-order chi connectivity index (χ0) is 21.5. The molecular weight excluding hydrogens is 402 g/mol. The molecule has 7 heteroatoms. The smallest absolute Gasteiger partial charge is 0.337 e. The first-order valence-corrected chi connectivity index (χ1v) is 9.89. The second-order valence-corrected chi connectivity index (χ2v) is 7.60. The van der Waals surface area contributed by atoms with Crippen molar-refractivity contribution in [1.82, 2.24) is 0 Å². The van der Waals surface area contributed by atoms with Gasteiger partial charge in [-0.1, -0.05) is 30.3 Å². The third-order valence-electron chi connectivity index (χ3n) is 4.26. The van der Waals surface area contributed by atoms with Gasteiger partial charge in [0.1, 0.15) is 12.4 Å². The number of carboxylic acid groups (broad SMARTS) is 1. The second-order valence-electron chi connectivity index (χ2n) is 6.40. The fourth-order valence-corrected chi connectivity index (χ4v) is 3.49. The van der Waals surface area contributed by atoms with Gasteiger partial charge in [0, 0.05) is 17.6 Å². The molecule has 3 rings (SSSR count). The van der Waals surface area contributed by atoms with Crippen LogP contribution in [0.4, 0.5) is 5.69 Å². The Morgan fingerprint density at radius 3 is 2.27 bits per heavy atom. The number of esters is 1. The molecule has 0 fully saturated rings. The molecule has 0 radical (unpaired) electrons. The minimum Gasteiger partial charge on any atom is -0.489 e. The predicted octanol–water partition coefficient (Wildman–Crippen LogP) is 4.89. The largest absolute Gasteiger partial charge is 0.489 e. The van der Waals surface area contributed by atoms with Gasteiger partial charge in [-0.25, -0.2) is 9.59 Å². The van der Waals surface area contributed by atoms with Crippen molar-refractivity contribution in [1.29, 1.82) is 0 Å². The molecule has 0 aromatic heterocycles. The molecule has 0 aliphatic carbocycles. The van der Waals surface area contributed by atoms with E-state index >= 15 is 0 Å². The van der Waals surface area contributed by atoms with E-state index in [9.17, 15) is 14.7 Å². The standard InChI is InChI=1S/C23H21NO5S/c1-24(19-13-17(22(25)26)12-18(14-19)23(27)28-2)30-21-10-8-20(9-11-21)29-15-16-6-4-3-5-7-16/h3-14H,15H2,1-2H3,(H,25,26). The Morgan fingerprint density at radius 2 is 1.63 bits per heavy atom. The summed E-state index contributed by atoms with van der Waals surface area (Å²) < 4.78 is 12.3. The van der Waals surface area contributed by atoms with E-state index in [2.05, 4.69) is 0 Å². The number of aromatic carboxylic acids is 1. The molecule has 3 aromatic carbocycles. The Kier molecular flexibility index (Phi) is 6.98. The van der Waals surface area contributed by atoms with Crippen molar-refractivity contribution >= 4 is 29.6 Å². The summed E-state index contributed by atoms with van der Waals surface area (Å²) in [6.07, 6.45) is 0. The summed E-state index contributed by atoms with van der Waals surface area (Å²) in [6.45, 7) is 0.492. The monoisotopic (exact) mass is 423 g/mol. The van der Waals surface area contributed by atoms with E-state index in [4.69, 9.17) is 9.47 Å². The van der Waals surface area contributed by atoms with Gasteiger partial charge >= 0.3 is 11.9 Å². The van der Waals surface area contributed by atoms with Crippen molar-refractivity contribution in [2.75, 3.05) is 18.5 Å². The van der Waals surface area contributed by atoms with Gasteiger partial charge in [0.05, 0.1) is 18.2 Å². The molecule has 0 bridgehead atoms. The van der Waals surface area contributed by atoms with Crippen molar-refractivity contribution in [3.63, 3.8) is 0 Å². The van der Waals surface area contributed by atoms with E-state index in [1.165, 1.54) is 31.2 Å². The first-order valence-electron chi connectivity index (χ1n) is 9.11. The number of methoxy groups -OCH3 is 1. The molecule has 6 nitrogen and oxygen atoms in total. The van der Waals surface area contributed by atoms with Crippen LogP contribution in [0, 0.1) is 0 Å². The van der Waals surface area contributed by atoms with Crippen LogP contribution in [-0.2, 0) is 11.3 Å². The number of benzene rings is 3. The fourth-order valence-electron chi connectivity index (χ4n) is 2.70. The molecule has 0 saturated carbocycles. The van der Waals surface area contributed by atoms with Crippen LogP contribution in [-0.4, -0.2) is 31.2 Å². The van der Waals surface area contributed by atoms with Crippen molar-refractivity contribution in [3.05, 3.63) is 89.5 Å². The minimum absolute atomic E-state index is 0.0185. The zero-order valence-corrected chi connectivity index (χ0v) is 17.4. The molecule has 0 spiro atoms. The van der Waals surface area contributed by atoms with Crippen LogP contribution in [0.15, 0.2) is 77.7 Å². The van der Waals surface area contributed by atoms with Crippen LogP contribution < -0.4 is 9.04 Å². The second kappa shape index (κ2) is 9.84. The summed E-state index contributed by atoms with van der Waals surface area (Å²) in [7, 11) is 3.06. The molecule has 1 N–H and O–H groups in total. The summed E-state index contributed by atoms with van der Waals surface area (Å²) in [5.74, 6) is -0.940. The minimum atomic E-state index is -1.11. The van der Waals surface area contributed by atoms with Crippen LogP contribution in [0.5, 0.6) is 5.75 Å². The third kappa shape index (κ3) is 5.55. The van der Waals surface area contributed by atoms with Crippen molar-refractivity contribution in [2.45, 2.75) is 11.5 Å². The quantitative estimate of drug-likeness (QED) is 0.408. The summed E-state index contributed by atoms with van der Waals surface area (Å²) in [5, 5.41) is 9.33. The third-order valence-corrected chi connectivity index (χ3v) is 5.23. The molecule has 0 unspecified atom stereocenters. The topological polar surface area (TPSA) is 76.1 Å². The first kappa shape index (κ1) is 21.3. The number of nitrogens with zero attached hydrogens (tertiary/aromatic N) is 1. The highest BCUT2D eigenvalue weighted by molar-refractivity contribution is 8.00. The number of carbonyl (C=O) groups excluding carboxylic acids is 1. The lowest BCUT2D eigenvalue weighted by Gasteiger charge is -2.19. The lowest BCUT2D eigenvalue weighted by atomic mass is 10.1. The lowest BCUT2D eigenvalue weighted by Crippen LogP contribution is -2.11. The average molecular weight is 423 g/mol. The maximum absolute atomic E-state index is 11.9. The molecule has 30 heavy (non-hydrogen) atoms. The van der Waals surface area contributed by atoms with Crippen LogP contribution in [0.2, 0.25) is 0 Å². The molecule has 0 heterocycles. The van der Waals surface area contributed by atoms with Gasteiger partial charge in [-0.05, 0) is 60.0 Å². The van der Waals surface area contributed by atoms with Crippen LogP contribution in [0.25, 0.3) is 0 Å². The van der Waals surface area contributed by atoms with Gasteiger partial charge in [-0.15, -0.1) is 0 Å². The Morgan fingerprint density at radius 1 is 0.967 bits per heavy atom. The number of rotatable bonds is 8. The Labute approximate surface area is 179 Å². The predicted molar refractivity (Wildman–Crippen MR) is 116 cm³/mol. The number of carbonyl (C=O) groups is 2. The molecule has 0 saturated heterocycles. The molecule has 0 atom stereocenters. The van der Waals surface area contributed by atoms with E-state index < -0.39 is 11.9 Å². The number of hydrogen-bond acceptors (Lipinski definition) is 6. The zero-order valence-electron chi connectivity index (χ0n) is 16.6. The molecule has 0 aliphatic heterocycles. The van der Waals surface area contributed by atoms with Gasteiger partial charge in [0.2, 0.25) is 0 Å². The van der Waals surface area contributed by atoms with Gasteiger partial charge in [0.15, 0.2) is 0 Å². The normalized spacial score (nSPS) is 10.3. The molecule has 154 valence electrons. The Balaban J connectivity index is 1.69. The Bertz CT molecular complexity index is 1020. The highest BCUT2D eigenvalue weighted by Crippen LogP contribution is 2.30. The summed E-state index contributed by atoms with van der Waals surface area (Å²) >= 11 is 1.40. The Hall–Kier alpha value is -3.45. The SMILES string of the molecule is COC(=O)c1cc(C(=O)O)cc(N(C)Sc2ccc(OCc3ccccc3)cc2)c1. The molecule has 0 amide bonds. The average Bonchev–Trinajstić information content (AvgIpc) is 2.78. The van der Waals surface area contributed by atoms with E-state index in [-0.39, 0.29) is 11.1 Å². The lowest BCUT2D eigenvalue weighted by molar-refractivity contribution is 0.0600. The van der Waals surface area contributed by atoms with Crippen LogP contribution in [0.1, 0.15) is 26.3 Å². The van der Waals surface area contributed by atoms with E-state index in [1.807, 2.05) is 54.6 Å². The van der Waals surface area contributed by atoms with E-state index in [0.717, 1.165) is 16.2 Å². The molecule has 0 aliphatic rings. The number of ether oxygens (including phenoxy) is 2. The molecule has 3 aromatic rings. The van der Waals surface area contributed by atoms with E-state index in [0.29, 0.717) is 12.3 Å². The van der Waals surface area contributed by atoms with Gasteiger partial charge < -0.3 is 18.9 Å². The van der Waals surface area contributed by atoms with Gasteiger partial charge in [-0.3, -0.25) is 0 Å². The maximum atomic E-state index is 11.9. The van der Waals surface area contributed by atoms with Crippen molar-refractivity contribution in [3.8, 4) is 5.75 Å². The fraction of sp³-hybridized carbons (Fsp3) is 0.130. The summed E-state index contributed by atoms with van der Waals surface area (Å²) in [5.41, 5.74) is 1.87. The van der Waals surface area contributed by atoms with Gasteiger partial charge in [0.25, 0.3) is 0 Å². The van der Waals surface area contributed by atoms with E-state index in [1.54, 1.807) is 17.4 Å². The van der Waals surface area contributed by atoms with Gasteiger partial charge in [-0.2, -0.15) is 0 Å². The molecular formula is C23H21NO5S. The van der Waals surface area contributed by atoms with Crippen molar-refractivity contribution in [2.24, 2.45) is 0 Å². The summed E-state index contributed by atoms with van der Waals surface area (Å²) in [4.78, 5) is 24.2. The number of anilines is 1. The highest BCUT2D eigenvalue weighted by Gasteiger charge is 2.15. The van der Waals surface area contributed by atoms with Crippen LogP contribution >= 0.6 is 11.9 Å². The van der Waals surface area contributed by atoms with Crippen LogP contribution in [0.3, 0.4) is 0 Å². The number of hydrogen-bond donors (Lipinski definition) is 1. The van der Waals surface area contributed by atoms with Crippen molar-refractivity contribution < 1.29 is 24.2 Å². The summed E-state index contributed by atoms with van der Waals surface area (Å²) in [6, 6.07) is 21.9. The number of carboxylic acids is 1. The maximum Gasteiger partial charge on any atom is 0.337 e. The first-order chi connectivity index (χ1) is 14.5. The highest BCUT2D eigenvalue weighted by atomic mass is 32.2.